The lowest BCUT2D eigenvalue weighted by Crippen LogP contribution is -2.46. The van der Waals surface area contributed by atoms with E-state index in [9.17, 15) is 9.90 Å². The lowest BCUT2D eigenvalue weighted by molar-refractivity contribution is -0.121. The van der Waals surface area contributed by atoms with Crippen LogP contribution in [-0.4, -0.2) is 44.1 Å². The van der Waals surface area contributed by atoms with Crippen molar-refractivity contribution in [3.63, 3.8) is 0 Å². The number of halogens is 1. The van der Waals surface area contributed by atoms with Crippen molar-refractivity contribution in [3.05, 3.63) is 23.1 Å². The van der Waals surface area contributed by atoms with Crippen LogP contribution in [0, 0.1) is 0 Å². The van der Waals surface area contributed by atoms with Crippen LogP contribution >= 0.6 is 15.9 Å². The molecule has 3 heterocycles. The second kappa shape index (κ2) is 6.21. The number of carbonyl (C=O) groups is 1. The van der Waals surface area contributed by atoms with Gasteiger partial charge in [0, 0.05) is 23.1 Å². The van der Waals surface area contributed by atoms with Crippen molar-refractivity contribution >= 4 is 32.9 Å². The number of pyridine rings is 1. The van der Waals surface area contributed by atoms with E-state index in [2.05, 4.69) is 31.2 Å². The van der Waals surface area contributed by atoms with Crippen LogP contribution in [0.15, 0.2) is 23.1 Å². The fourth-order valence-corrected chi connectivity index (χ4v) is 3.00. The van der Waals surface area contributed by atoms with Gasteiger partial charge in [0.25, 0.3) is 0 Å². The van der Waals surface area contributed by atoms with Gasteiger partial charge >= 0.3 is 0 Å². The second-order valence-corrected chi connectivity index (χ2v) is 6.30. The highest BCUT2D eigenvalue weighted by atomic mass is 79.9. The number of aromatic nitrogens is 3. The molecular weight excluding hydrogens is 336 g/mol. The Morgan fingerprint density at radius 3 is 3.19 bits per heavy atom. The van der Waals surface area contributed by atoms with Crippen LogP contribution in [0.2, 0.25) is 0 Å². The van der Waals surface area contributed by atoms with Crippen LogP contribution in [0.1, 0.15) is 19.3 Å². The van der Waals surface area contributed by atoms with Gasteiger partial charge in [-0.25, -0.2) is 9.97 Å². The predicted octanol–water partition coefficient (Wildman–Crippen LogP) is 1.27. The zero-order valence-corrected chi connectivity index (χ0v) is 13.1. The monoisotopic (exact) mass is 352 g/mol. The molecule has 2 atom stereocenters. The maximum Gasteiger partial charge on any atom is 0.160 e. The van der Waals surface area contributed by atoms with Gasteiger partial charge in [-0.3, -0.25) is 4.79 Å². The molecule has 0 saturated carbocycles. The molecule has 0 bridgehead atoms. The molecule has 2 aromatic heterocycles. The molecule has 1 fully saturated rings. The normalized spacial score (nSPS) is 22.6. The van der Waals surface area contributed by atoms with Crippen molar-refractivity contribution in [1.82, 2.24) is 19.9 Å². The first kappa shape index (κ1) is 14.6. The lowest BCUT2D eigenvalue weighted by Gasteiger charge is -2.28. The number of imidazole rings is 1. The Bertz CT molecular complexity index is 657. The summed E-state index contributed by atoms with van der Waals surface area (Å²) in [7, 11) is 0. The van der Waals surface area contributed by atoms with Crippen LogP contribution in [0.3, 0.4) is 0 Å². The zero-order chi connectivity index (χ0) is 14.8. The molecule has 3 rings (SSSR count). The molecule has 0 spiro atoms. The van der Waals surface area contributed by atoms with Crippen LogP contribution in [0.25, 0.3) is 11.2 Å². The first-order valence-electron chi connectivity index (χ1n) is 7.03. The number of ketones is 1. The smallest absolute Gasteiger partial charge is 0.160 e. The predicted molar refractivity (Wildman–Crippen MR) is 81.9 cm³/mol. The van der Waals surface area contributed by atoms with Gasteiger partial charge in [0.2, 0.25) is 0 Å². The van der Waals surface area contributed by atoms with E-state index in [0.29, 0.717) is 12.1 Å². The van der Waals surface area contributed by atoms with Crippen molar-refractivity contribution in [3.8, 4) is 0 Å². The fraction of sp³-hybridized carbons (Fsp3) is 0.500. The van der Waals surface area contributed by atoms with Crippen molar-refractivity contribution in [2.75, 3.05) is 6.54 Å². The number of aliphatic hydroxyl groups excluding tert-OH is 1. The largest absolute Gasteiger partial charge is 0.391 e. The van der Waals surface area contributed by atoms with Crippen molar-refractivity contribution in [2.45, 2.75) is 38.0 Å². The Balaban J connectivity index is 1.68. The van der Waals surface area contributed by atoms with Crippen LogP contribution in [0.5, 0.6) is 0 Å². The van der Waals surface area contributed by atoms with Crippen molar-refractivity contribution in [2.24, 2.45) is 0 Å². The molecule has 0 unspecified atom stereocenters. The molecule has 2 aromatic rings. The van der Waals surface area contributed by atoms with Gasteiger partial charge < -0.3 is 15.0 Å². The highest BCUT2D eigenvalue weighted by Gasteiger charge is 2.25. The summed E-state index contributed by atoms with van der Waals surface area (Å²) >= 11 is 3.35. The van der Waals surface area contributed by atoms with Gasteiger partial charge in [-0.05, 0) is 41.4 Å². The number of hydrogen-bond acceptors (Lipinski definition) is 5. The molecule has 6 nitrogen and oxygen atoms in total. The van der Waals surface area contributed by atoms with Crippen LogP contribution < -0.4 is 5.32 Å². The molecular formula is C14H17BrN4O2. The Morgan fingerprint density at radius 2 is 2.38 bits per heavy atom. The summed E-state index contributed by atoms with van der Waals surface area (Å²) in [5.74, 6) is 0.0671. The molecule has 0 aliphatic carbocycles. The number of aliphatic hydroxyl groups is 1. The maximum absolute atomic E-state index is 12.2. The first-order chi connectivity index (χ1) is 10.1. The lowest BCUT2D eigenvalue weighted by atomic mass is 9.97. The van der Waals surface area contributed by atoms with E-state index in [0.717, 1.165) is 29.4 Å². The highest BCUT2D eigenvalue weighted by Crippen LogP contribution is 2.17. The van der Waals surface area contributed by atoms with E-state index in [1.165, 1.54) is 0 Å². The molecule has 7 heteroatoms. The van der Waals surface area contributed by atoms with Crippen molar-refractivity contribution < 1.29 is 9.90 Å². The number of piperidine rings is 1. The molecule has 1 aliphatic rings. The van der Waals surface area contributed by atoms with E-state index < -0.39 is 6.10 Å². The average Bonchev–Trinajstić information content (AvgIpc) is 2.83. The summed E-state index contributed by atoms with van der Waals surface area (Å²) in [6.07, 6.45) is 4.93. The number of nitrogens with zero attached hydrogens (tertiary/aromatic N) is 3. The van der Waals surface area contributed by atoms with E-state index in [4.69, 9.17) is 0 Å². The first-order valence-corrected chi connectivity index (χ1v) is 7.82. The summed E-state index contributed by atoms with van der Waals surface area (Å²) in [6, 6.07) is 1.73. The Labute approximate surface area is 130 Å². The van der Waals surface area contributed by atoms with Gasteiger partial charge in [0.15, 0.2) is 11.4 Å². The van der Waals surface area contributed by atoms with E-state index in [1.807, 2.05) is 6.07 Å². The summed E-state index contributed by atoms with van der Waals surface area (Å²) in [5.41, 5.74) is 1.46. The average molecular weight is 353 g/mol. The molecule has 1 saturated heterocycles. The molecule has 2 N–H and O–H groups in total. The number of nitrogens with one attached hydrogen (secondary N) is 1. The van der Waals surface area contributed by atoms with Gasteiger partial charge in [0.05, 0.1) is 19.0 Å². The topological polar surface area (TPSA) is 80.0 Å². The third kappa shape index (κ3) is 3.30. The third-order valence-electron chi connectivity index (χ3n) is 3.76. The molecule has 0 radical (unpaired) electrons. The summed E-state index contributed by atoms with van der Waals surface area (Å²) in [5, 5.41) is 13.1. The van der Waals surface area contributed by atoms with Crippen molar-refractivity contribution in [1.29, 1.82) is 0 Å². The van der Waals surface area contributed by atoms with E-state index in [1.54, 1.807) is 17.1 Å². The van der Waals surface area contributed by atoms with E-state index >= 15 is 0 Å². The molecule has 0 aromatic carbocycles. The van der Waals surface area contributed by atoms with Gasteiger partial charge in [0.1, 0.15) is 5.52 Å². The molecule has 21 heavy (non-hydrogen) atoms. The summed E-state index contributed by atoms with van der Waals surface area (Å²) in [4.78, 5) is 20.7. The minimum atomic E-state index is -0.434. The minimum Gasteiger partial charge on any atom is -0.391 e. The number of carbonyl (C=O) groups excluding carboxylic acids is 1. The minimum absolute atomic E-state index is 0.0671. The van der Waals surface area contributed by atoms with Crippen LogP contribution in [-0.2, 0) is 11.3 Å². The number of rotatable bonds is 4. The third-order valence-corrected chi connectivity index (χ3v) is 4.20. The number of hydrogen-bond donors (Lipinski definition) is 2. The van der Waals surface area contributed by atoms with Crippen LogP contribution in [0.4, 0.5) is 0 Å². The van der Waals surface area contributed by atoms with Gasteiger partial charge in [-0.2, -0.15) is 0 Å². The second-order valence-electron chi connectivity index (χ2n) is 5.38. The zero-order valence-electron chi connectivity index (χ0n) is 11.5. The van der Waals surface area contributed by atoms with Gasteiger partial charge in [-0.1, -0.05) is 0 Å². The Kier molecular flexibility index (Phi) is 4.32. The summed E-state index contributed by atoms with van der Waals surface area (Å²) in [6.45, 7) is 1.09. The number of fused-ring (bicyclic) bond motifs is 1. The molecule has 1 aliphatic heterocycles. The Hall–Kier alpha value is -1.31. The number of Topliss-reactive ketones (excluding diaryl/α,β-unsaturated/α-hetero) is 1. The van der Waals surface area contributed by atoms with Gasteiger partial charge in [-0.15, -0.1) is 0 Å². The standard InChI is InChI=1S/C14H17BrN4O2/c15-9-4-12-14(17-6-9)19(8-18-12)7-10(20)5-11-13(21)2-1-3-16-11/h4,6,8,11,13,16,21H,1-3,5,7H2/t11-,13+/m1/s1. The van der Waals surface area contributed by atoms with E-state index in [-0.39, 0.29) is 18.4 Å². The molecule has 112 valence electrons. The summed E-state index contributed by atoms with van der Waals surface area (Å²) < 4.78 is 2.61. The maximum atomic E-state index is 12.2. The fourth-order valence-electron chi connectivity index (χ4n) is 2.68. The SMILES string of the molecule is O=C(C[C@H]1NCCC[C@@H]1O)Cn1cnc2cc(Br)cnc21. The molecule has 0 amide bonds. The Morgan fingerprint density at radius 1 is 1.52 bits per heavy atom. The quantitative estimate of drug-likeness (QED) is 0.865. The highest BCUT2D eigenvalue weighted by molar-refractivity contribution is 9.10.